The van der Waals surface area contributed by atoms with E-state index in [2.05, 4.69) is 48.5 Å². The molecule has 1 aliphatic heterocycles. The van der Waals surface area contributed by atoms with Crippen molar-refractivity contribution in [3.8, 4) is 0 Å². The zero-order chi connectivity index (χ0) is 15.1. The molecule has 21 heavy (non-hydrogen) atoms. The minimum absolute atomic E-state index is 0.150. The van der Waals surface area contributed by atoms with Gasteiger partial charge in [-0.05, 0) is 59.5 Å². The molecule has 0 bridgehead atoms. The monoisotopic (exact) mass is 292 g/mol. The van der Waals surface area contributed by atoms with Gasteiger partial charge >= 0.3 is 0 Å². The van der Waals surface area contributed by atoms with Crippen molar-refractivity contribution in [3.63, 3.8) is 0 Å². The molecule has 1 heterocycles. The van der Waals surface area contributed by atoms with Crippen molar-refractivity contribution in [1.29, 1.82) is 0 Å². The quantitative estimate of drug-likeness (QED) is 0.465. The Hall–Kier alpha value is -1.03. The topological polar surface area (TPSA) is 39.7 Å². The summed E-state index contributed by atoms with van der Waals surface area (Å²) in [6.07, 6.45) is 10.8. The van der Waals surface area contributed by atoms with Crippen LogP contribution in [0.15, 0.2) is 17.1 Å². The SMILES string of the molecule is CCNC(=NCC(C)(C)N1CCCCC1)NC1CC=CC1. The Morgan fingerprint density at radius 1 is 1.19 bits per heavy atom. The molecule has 2 N–H and O–H groups in total. The number of likely N-dealkylation sites (tertiary alicyclic amines) is 1. The van der Waals surface area contributed by atoms with Crippen molar-refractivity contribution in [2.24, 2.45) is 4.99 Å². The predicted octanol–water partition coefficient (Wildman–Crippen LogP) is 2.52. The van der Waals surface area contributed by atoms with E-state index >= 15 is 0 Å². The first-order valence-corrected chi connectivity index (χ1v) is 8.57. The van der Waals surface area contributed by atoms with Gasteiger partial charge < -0.3 is 10.6 Å². The number of piperidine rings is 1. The third kappa shape index (κ3) is 5.03. The first-order chi connectivity index (χ1) is 10.1. The Morgan fingerprint density at radius 3 is 2.48 bits per heavy atom. The van der Waals surface area contributed by atoms with Gasteiger partial charge in [0, 0.05) is 18.1 Å². The van der Waals surface area contributed by atoms with E-state index in [0.717, 1.165) is 31.9 Å². The standard InChI is InChI=1S/C17H32N4/c1-4-18-16(20-15-10-6-7-11-15)19-14-17(2,3)21-12-8-5-9-13-21/h6-7,15H,4-5,8-14H2,1-3H3,(H2,18,19,20). The lowest BCUT2D eigenvalue weighted by atomic mass is 9.99. The molecule has 0 aromatic carbocycles. The van der Waals surface area contributed by atoms with Gasteiger partial charge in [0.15, 0.2) is 5.96 Å². The molecular formula is C17H32N4. The van der Waals surface area contributed by atoms with E-state index in [0.29, 0.717) is 6.04 Å². The molecule has 1 aliphatic carbocycles. The van der Waals surface area contributed by atoms with E-state index in [1.165, 1.54) is 32.4 Å². The Bertz CT molecular complexity index is 359. The van der Waals surface area contributed by atoms with Gasteiger partial charge in [-0.25, -0.2) is 0 Å². The van der Waals surface area contributed by atoms with Gasteiger partial charge in [-0.1, -0.05) is 18.6 Å². The molecule has 120 valence electrons. The second-order valence-corrected chi connectivity index (χ2v) is 6.84. The summed E-state index contributed by atoms with van der Waals surface area (Å²) in [4.78, 5) is 7.45. The van der Waals surface area contributed by atoms with Crippen LogP contribution >= 0.6 is 0 Å². The summed E-state index contributed by atoms with van der Waals surface area (Å²) in [6.45, 7) is 11.0. The lowest BCUT2D eigenvalue weighted by molar-refractivity contribution is 0.102. The first kappa shape index (κ1) is 16.3. The van der Waals surface area contributed by atoms with Crippen LogP contribution in [0.25, 0.3) is 0 Å². The number of aliphatic imine (C=N–C) groups is 1. The molecule has 1 fully saturated rings. The Morgan fingerprint density at radius 2 is 1.86 bits per heavy atom. The van der Waals surface area contributed by atoms with Gasteiger partial charge in [-0.2, -0.15) is 0 Å². The zero-order valence-electron chi connectivity index (χ0n) is 14.0. The molecule has 2 aliphatic rings. The van der Waals surface area contributed by atoms with Gasteiger partial charge in [0.2, 0.25) is 0 Å². The molecule has 0 amide bonds. The van der Waals surface area contributed by atoms with Gasteiger partial charge in [-0.15, -0.1) is 0 Å². The van der Waals surface area contributed by atoms with Crippen LogP contribution in [0, 0.1) is 0 Å². The lowest BCUT2D eigenvalue weighted by Crippen LogP contribution is -2.50. The Balaban J connectivity index is 1.90. The summed E-state index contributed by atoms with van der Waals surface area (Å²) in [5.41, 5.74) is 0.150. The minimum atomic E-state index is 0.150. The average molecular weight is 292 g/mol. The number of rotatable bonds is 5. The number of nitrogens with one attached hydrogen (secondary N) is 2. The Labute approximate surface area is 130 Å². The first-order valence-electron chi connectivity index (χ1n) is 8.57. The second-order valence-electron chi connectivity index (χ2n) is 6.84. The number of guanidine groups is 1. The normalized spacial score (nSPS) is 21.8. The van der Waals surface area contributed by atoms with E-state index in [4.69, 9.17) is 4.99 Å². The maximum atomic E-state index is 4.85. The van der Waals surface area contributed by atoms with Crippen LogP contribution in [0.4, 0.5) is 0 Å². The smallest absolute Gasteiger partial charge is 0.191 e. The minimum Gasteiger partial charge on any atom is -0.357 e. The van der Waals surface area contributed by atoms with Crippen molar-refractivity contribution < 1.29 is 0 Å². The fourth-order valence-corrected chi connectivity index (χ4v) is 3.12. The largest absolute Gasteiger partial charge is 0.357 e. The maximum Gasteiger partial charge on any atom is 0.191 e. The summed E-state index contributed by atoms with van der Waals surface area (Å²) in [5, 5.41) is 6.93. The van der Waals surface area contributed by atoms with Crippen LogP contribution in [0.1, 0.15) is 52.9 Å². The predicted molar refractivity (Wildman–Crippen MR) is 90.8 cm³/mol. The van der Waals surface area contributed by atoms with E-state index in [1.807, 2.05) is 0 Å². The highest BCUT2D eigenvalue weighted by atomic mass is 15.2. The maximum absolute atomic E-state index is 4.85. The van der Waals surface area contributed by atoms with Gasteiger partial charge in [0.05, 0.1) is 6.54 Å². The van der Waals surface area contributed by atoms with Crippen LogP contribution in [-0.4, -0.2) is 48.6 Å². The summed E-state index contributed by atoms with van der Waals surface area (Å²) in [7, 11) is 0. The summed E-state index contributed by atoms with van der Waals surface area (Å²) < 4.78 is 0. The van der Waals surface area contributed by atoms with E-state index in [-0.39, 0.29) is 5.54 Å². The van der Waals surface area contributed by atoms with E-state index < -0.39 is 0 Å². The van der Waals surface area contributed by atoms with Crippen LogP contribution in [-0.2, 0) is 0 Å². The van der Waals surface area contributed by atoms with Crippen molar-refractivity contribution in [3.05, 3.63) is 12.2 Å². The van der Waals surface area contributed by atoms with E-state index in [9.17, 15) is 0 Å². The summed E-state index contributed by atoms with van der Waals surface area (Å²) in [5.74, 6) is 0.969. The number of nitrogens with zero attached hydrogens (tertiary/aromatic N) is 2. The zero-order valence-corrected chi connectivity index (χ0v) is 14.0. The highest BCUT2D eigenvalue weighted by Crippen LogP contribution is 2.20. The van der Waals surface area contributed by atoms with Gasteiger partial charge in [0.1, 0.15) is 0 Å². The fraction of sp³-hybridized carbons (Fsp3) is 0.824. The van der Waals surface area contributed by atoms with Crippen LogP contribution < -0.4 is 10.6 Å². The number of hydrogen-bond acceptors (Lipinski definition) is 2. The third-order valence-corrected chi connectivity index (χ3v) is 4.53. The van der Waals surface area contributed by atoms with Crippen LogP contribution in [0.3, 0.4) is 0 Å². The highest BCUT2D eigenvalue weighted by Gasteiger charge is 2.27. The summed E-state index contributed by atoms with van der Waals surface area (Å²) >= 11 is 0. The molecule has 0 radical (unpaired) electrons. The lowest BCUT2D eigenvalue weighted by Gasteiger charge is -2.40. The highest BCUT2D eigenvalue weighted by molar-refractivity contribution is 5.80. The van der Waals surface area contributed by atoms with E-state index in [1.54, 1.807) is 0 Å². The molecule has 0 spiro atoms. The van der Waals surface area contributed by atoms with Crippen molar-refractivity contribution in [1.82, 2.24) is 15.5 Å². The van der Waals surface area contributed by atoms with Crippen LogP contribution in [0.5, 0.6) is 0 Å². The Kier molecular flexibility index (Phi) is 6.09. The molecule has 0 aromatic rings. The van der Waals surface area contributed by atoms with Gasteiger partial charge in [0.25, 0.3) is 0 Å². The van der Waals surface area contributed by atoms with Crippen molar-refractivity contribution >= 4 is 5.96 Å². The molecule has 0 saturated carbocycles. The van der Waals surface area contributed by atoms with Crippen molar-refractivity contribution in [2.45, 2.75) is 64.5 Å². The molecule has 0 unspecified atom stereocenters. The summed E-state index contributed by atoms with van der Waals surface area (Å²) in [6, 6.07) is 0.515. The molecule has 4 nitrogen and oxygen atoms in total. The molecule has 1 saturated heterocycles. The van der Waals surface area contributed by atoms with Gasteiger partial charge in [-0.3, -0.25) is 9.89 Å². The molecule has 0 aromatic heterocycles. The molecule has 0 atom stereocenters. The molecule has 2 rings (SSSR count). The number of hydrogen-bond donors (Lipinski definition) is 2. The fourth-order valence-electron chi connectivity index (χ4n) is 3.12. The molecular weight excluding hydrogens is 260 g/mol. The van der Waals surface area contributed by atoms with Crippen molar-refractivity contribution in [2.75, 3.05) is 26.2 Å². The third-order valence-electron chi connectivity index (χ3n) is 4.53. The average Bonchev–Trinajstić information content (AvgIpc) is 2.99. The molecule has 4 heteroatoms. The second kappa shape index (κ2) is 7.83. The van der Waals surface area contributed by atoms with Crippen LogP contribution in [0.2, 0.25) is 0 Å².